The van der Waals surface area contributed by atoms with Crippen LogP contribution in [-0.2, 0) is 0 Å². The van der Waals surface area contributed by atoms with Crippen molar-refractivity contribution in [2.24, 2.45) is 0 Å². The Morgan fingerprint density at radius 2 is 1.90 bits per heavy atom. The first-order chi connectivity index (χ1) is 4.70. The van der Waals surface area contributed by atoms with Crippen molar-refractivity contribution in [1.82, 2.24) is 4.98 Å². The number of aromatic amines is 1. The average molecular weight is 138 g/mol. The third kappa shape index (κ3) is 1.97. The lowest BCUT2D eigenvalue weighted by Gasteiger charge is -1.74. The van der Waals surface area contributed by atoms with Gasteiger partial charge in [0.1, 0.15) is 0 Å². The Morgan fingerprint density at radius 3 is 2.00 bits per heavy atom. The summed E-state index contributed by atoms with van der Waals surface area (Å²) in [5.41, 5.74) is 6.08. The maximum Gasteiger partial charge on any atom is 0.0567 e. The van der Waals surface area contributed by atoms with Gasteiger partial charge in [0.2, 0.25) is 0 Å². The van der Waals surface area contributed by atoms with Crippen LogP contribution in [0.1, 0.15) is 13.8 Å². The van der Waals surface area contributed by atoms with Crippen molar-refractivity contribution in [2.45, 2.75) is 13.8 Å². The summed E-state index contributed by atoms with van der Waals surface area (Å²) in [5.74, 6) is 0. The number of anilines is 1. The van der Waals surface area contributed by atoms with Crippen molar-refractivity contribution < 1.29 is 0 Å². The molecule has 1 rings (SSSR count). The summed E-state index contributed by atoms with van der Waals surface area (Å²) in [6.45, 7) is 11.2. The number of nitrogens with two attached hydrogens (primary N) is 1. The van der Waals surface area contributed by atoms with E-state index in [0.29, 0.717) is 5.69 Å². The molecule has 1 aromatic rings. The normalized spacial score (nSPS) is 8.20. The summed E-state index contributed by atoms with van der Waals surface area (Å²) < 4.78 is 0. The van der Waals surface area contributed by atoms with Crippen LogP contribution < -0.4 is 16.4 Å². The van der Waals surface area contributed by atoms with Crippen LogP contribution in [0.2, 0.25) is 0 Å². The van der Waals surface area contributed by atoms with Crippen LogP contribution in [0, 0.1) is 0 Å². The van der Waals surface area contributed by atoms with Gasteiger partial charge in [-0.1, -0.05) is 27.0 Å². The molecule has 1 aromatic heterocycles. The second kappa shape index (κ2) is 3.77. The number of hydrogen-bond acceptors (Lipinski definition) is 1. The lowest BCUT2D eigenvalue weighted by Crippen LogP contribution is -2.07. The SMILES string of the molecule is C=c1cc(N)c(=C)[nH]1.CC. The lowest BCUT2D eigenvalue weighted by molar-refractivity contribution is 1.29. The summed E-state index contributed by atoms with van der Waals surface area (Å²) in [5, 5.41) is 1.56. The maximum atomic E-state index is 5.41. The van der Waals surface area contributed by atoms with E-state index in [2.05, 4.69) is 18.1 Å². The molecule has 0 aliphatic heterocycles. The van der Waals surface area contributed by atoms with Crippen molar-refractivity contribution in [2.75, 3.05) is 5.73 Å². The van der Waals surface area contributed by atoms with E-state index in [9.17, 15) is 0 Å². The molecule has 0 aliphatic carbocycles. The Kier molecular flexibility index (Phi) is 3.33. The smallest absolute Gasteiger partial charge is 0.0567 e. The minimum absolute atomic E-state index is 0.676. The molecule has 0 bridgehead atoms. The Bertz CT molecular complexity index is 272. The van der Waals surface area contributed by atoms with Gasteiger partial charge in [-0.15, -0.1) is 0 Å². The first kappa shape index (κ1) is 8.82. The van der Waals surface area contributed by atoms with Crippen molar-refractivity contribution in [3.63, 3.8) is 0 Å². The minimum Gasteiger partial charge on any atom is -0.397 e. The highest BCUT2D eigenvalue weighted by Crippen LogP contribution is 1.78. The molecule has 56 valence electrons. The molecule has 1 heterocycles. The number of rotatable bonds is 0. The van der Waals surface area contributed by atoms with Crippen LogP contribution in [0.5, 0.6) is 0 Å². The zero-order valence-corrected chi connectivity index (χ0v) is 6.57. The van der Waals surface area contributed by atoms with Crippen LogP contribution in [-0.4, -0.2) is 4.98 Å². The van der Waals surface area contributed by atoms with E-state index in [1.54, 1.807) is 6.07 Å². The standard InChI is InChI=1S/C6H8N2.C2H6/c1-4-3-6(7)5(2)8-4;1-2/h3,8H,1-2,7H2;1-2H3. The number of nitrogens with one attached hydrogen (secondary N) is 1. The second-order valence-electron chi connectivity index (χ2n) is 1.73. The summed E-state index contributed by atoms with van der Waals surface area (Å²) in [6, 6.07) is 1.75. The predicted octanol–water partition coefficient (Wildman–Crippen LogP) is 0.444. The minimum atomic E-state index is 0.676. The van der Waals surface area contributed by atoms with Crippen LogP contribution in [0.15, 0.2) is 6.07 Å². The van der Waals surface area contributed by atoms with E-state index in [0.717, 1.165) is 10.7 Å². The molecule has 0 saturated heterocycles. The largest absolute Gasteiger partial charge is 0.397 e. The zero-order chi connectivity index (χ0) is 8.15. The first-order valence-corrected chi connectivity index (χ1v) is 3.32. The first-order valence-electron chi connectivity index (χ1n) is 3.32. The summed E-state index contributed by atoms with van der Waals surface area (Å²) >= 11 is 0. The van der Waals surface area contributed by atoms with E-state index < -0.39 is 0 Å². The molecule has 2 heteroatoms. The Labute approximate surface area is 61.1 Å². The fraction of sp³-hybridized carbons (Fsp3) is 0.250. The summed E-state index contributed by atoms with van der Waals surface area (Å²) in [6.07, 6.45) is 0. The Morgan fingerprint density at radius 1 is 1.40 bits per heavy atom. The molecule has 10 heavy (non-hydrogen) atoms. The van der Waals surface area contributed by atoms with Crippen molar-refractivity contribution in [1.29, 1.82) is 0 Å². The monoisotopic (exact) mass is 138 g/mol. The van der Waals surface area contributed by atoms with Gasteiger partial charge in [0, 0.05) is 5.35 Å². The van der Waals surface area contributed by atoms with Crippen LogP contribution >= 0.6 is 0 Å². The molecule has 0 atom stereocenters. The molecule has 0 saturated carbocycles. The van der Waals surface area contributed by atoms with Gasteiger partial charge in [-0.2, -0.15) is 0 Å². The molecule has 0 spiro atoms. The molecule has 0 radical (unpaired) electrons. The van der Waals surface area contributed by atoms with E-state index in [-0.39, 0.29) is 0 Å². The highest BCUT2D eigenvalue weighted by molar-refractivity contribution is 5.38. The van der Waals surface area contributed by atoms with Gasteiger partial charge in [-0.25, -0.2) is 0 Å². The number of H-pyrrole nitrogens is 1. The summed E-state index contributed by atoms with van der Waals surface area (Å²) in [4.78, 5) is 2.86. The zero-order valence-electron chi connectivity index (χ0n) is 6.57. The lowest BCUT2D eigenvalue weighted by atomic mass is 10.5. The highest BCUT2D eigenvalue weighted by atomic mass is 14.7. The fourth-order valence-electron chi connectivity index (χ4n) is 0.577. The molecule has 3 N–H and O–H groups in total. The maximum absolute atomic E-state index is 5.41. The Hall–Kier alpha value is -1.18. The summed E-state index contributed by atoms with van der Waals surface area (Å²) in [7, 11) is 0. The predicted molar refractivity (Wildman–Crippen MR) is 46.8 cm³/mol. The van der Waals surface area contributed by atoms with Crippen molar-refractivity contribution >= 4 is 18.8 Å². The third-order valence-electron chi connectivity index (χ3n) is 0.990. The van der Waals surface area contributed by atoms with Crippen LogP contribution in [0.4, 0.5) is 5.69 Å². The molecule has 0 amide bonds. The third-order valence-corrected chi connectivity index (χ3v) is 0.990. The van der Waals surface area contributed by atoms with Gasteiger partial charge < -0.3 is 10.7 Å². The van der Waals surface area contributed by atoms with Gasteiger partial charge >= 0.3 is 0 Å². The van der Waals surface area contributed by atoms with Gasteiger partial charge in [0.05, 0.1) is 11.0 Å². The molecule has 0 unspecified atom stereocenters. The second-order valence-corrected chi connectivity index (χ2v) is 1.73. The van der Waals surface area contributed by atoms with Crippen molar-refractivity contribution in [3.8, 4) is 0 Å². The molecule has 2 nitrogen and oxygen atoms in total. The number of aromatic nitrogens is 1. The number of hydrogen-bond donors (Lipinski definition) is 2. The molecule has 0 fully saturated rings. The Balaban J connectivity index is 0.000000371. The van der Waals surface area contributed by atoms with E-state index >= 15 is 0 Å². The van der Waals surface area contributed by atoms with Crippen LogP contribution in [0.25, 0.3) is 13.2 Å². The fourth-order valence-corrected chi connectivity index (χ4v) is 0.577. The molecular weight excluding hydrogens is 124 g/mol. The molecule has 0 aliphatic rings. The van der Waals surface area contributed by atoms with Gasteiger partial charge in [0.25, 0.3) is 0 Å². The number of nitrogen functional groups attached to an aromatic ring is 1. The molecular formula is C8H14N2. The van der Waals surface area contributed by atoms with Crippen molar-refractivity contribution in [3.05, 3.63) is 16.8 Å². The van der Waals surface area contributed by atoms with Gasteiger partial charge in [-0.05, 0) is 6.07 Å². The van der Waals surface area contributed by atoms with Gasteiger partial charge in [-0.3, -0.25) is 0 Å². The van der Waals surface area contributed by atoms with Gasteiger partial charge in [0.15, 0.2) is 0 Å². The van der Waals surface area contributed by atoms with E-state index in [1.807, 2.05) is 13.8 Å². The van der Waals surface area contributed by atoms with E-state index in [1.165, 1.54) is 0 Å². The van der Waals surface area contributed by atoms with Crippen LogP contribution in [0.3, 0.4) is 0 Å². The average Bonchev–Trinajstić information content (AvgIpc) is 2.16. The van der Waals surface area contributed by atoms with E-state index in [4.69, 9.17) is 5.73 Å². The topological polar surface area (TPSA) is 41.8 Å². The quantitative estimate of drug-likeness (QED) is 0.537. The molecule has 0 aromatic carbocycles. The highest BCUT2D eigenvalue weighted by Gasteiger charge is 1.83.